The molecule has 102 valence electrons. The summed E-state index contributed by atoms with van der Waals surface area (Å²) in [6.45, 7) is 0.543. The molecule has 1 fully saturated rings. The average Bonchev–Trinajstić information content (AvgIpc) is 3.29. The molecule has 0 aromatic heterocycles. The molecule has 0 bridgehead atoms. The second-order valence-electron chi connectivity index (χ2n) is 4.76. The van der Waals surface area contributed by atoms with E-state index in [-0.39, 0.29) is 19.0 Å². The highest BCUT2D eigenvalue weighted by molar-refractivity contribution is 5.94. The Balaban J connectivity index is 1.98. The molecule has 1 amide bonds. The molecule has 0 aliphatic heterocycles. The minimum absolute atomic E-state index is 0.0909. The van der Waals surface area contributed by atoms with Gasteiger partial charge in [0.05, 0.1) is 18.7 Å². The van der Waals surface area contributed by atoms with Crippen molar-refractivity contribution in [1.82, 2.24) is 4.90 Å². The van der Waals surface area contributed by atoms with Crippen LogP contribution in [0.1, 0.15) is 23.2 Å². The van der Waals surface area contributed by atoms with Gasteiger partial charge in [-0.1, -0.05) is 0 Å². The minimum Gasteiger partial charge on any atom is -0.493 e. The van der Waals surface area contributed by atoms with E-state index >= 15 is 0 Å². The molecule has 1 saturated carbocycles. The highest BCUT2D eigenvalue weighted by atomic mass is 16.5. The highest BCUT2D eigenvalue weighted by Gasteiger charge is 2.22. The Bertz CT molecular complexity index is 534. The van der Waals surface area contributed by atoms with E-state index in [4.69, 9.17) is 15.3 Å². The molecule has 0 atom stereocenters. The van der Waals surface area contributed by atoms with Gasteiger partial charge in [0.1, 0.15) is 18.8 Å². The number of amides is 1. The van der Waals surface area contributed by atoms with Crippen LogP contribution in [-0.2, 0) is 0 Å². The Morgan fingerprint density at radius 3 is 2.30 bits per heavy atom. The number of nitriles is 2. The molecule has 0 saturated heterocycles. The number of carbonyl (C=O) groups is 1. The lowest BCUT2D eigenvalue weighted by molar-refractivity contribution is 0.0794. The normalized spacial score (nSPS) is 13.1. The number of benzene rings is 1. The van der Waals surface area contributed by atoms with Crippen LogP contribution in [0.4, 0.5) is 0 Å². The summed E-state index contributed by atoms with van der Waals surface area (Å²) in [7, 11) is 0. The summed E-state index contributed by atoms with van der Waals surface area (Å²) in [5, 5.41) is 17.3. The summed E-state index contributed by atoms with van der Waals surface area (Å²) in [4.78, 5) is 13.3. The Morgan fingerprint density at radius 1 is 1.20 bits per heavy atom. The summed E-state index contributed by atoms with van der Waals surface area (Å²) in [5.41, 5.74) is 0.453. The van der Waals surface area contributed by atoms with E-state index in [1.54, 1.807) is 24.3 Å². The molecule has 1 aliphatic carbocycles. The van der Waals surface area contributed by atoms with Gasteiger partial charge in [-0.2, -0.15) is 10.5 Å². The topological polar surface area (TPSA) is 77.1 Å². The minimum atomic E-state index is -0.318. The maximum Gasteiger partial charge on any atom is 0.255 e. The van der Waals surface area contributed by atoms with Gasteiger partial charge < -0.3 is 9.64 Å². The zero-order chi connectivity index (χ0) is 14.4. The Hall–Kier alpha value is -2.53. The molecule has 2 rings (SSSR count). The predicted molar refractivity (Wildman–Crippen MR) is 71.8 cm³/mol. The number of nitrogens with zero attached hydrogens (tertiary/aromatic N) is 3. The highest BCUT2D eigenvalue weighted by Crippen LogP contribution is 2.29. The largest absolute Gasteiger partial charge is 0.493 e. The van der Waals surface area contributed by atoms with Gasteiger partial charge in [0.25, 0.3) is 5.91 Å². The van der Waals surface area contributed by atoms with Crippen LogP contribution >= 0.6 is 0 Å². The van der Waals surface area contributed by atoms with Crippen molar-refractivity contribution in [3.05, 3.63) is 29.8 Å². The smallest absolute Gasteiger partial charge is 0.255 e. The first-order chi connectivity index (χ1) is 9.74. The lowest BCUT2D eigenvalue weighted by Gasteiger charge is -2.15. The van der Waals surface area contributed by atoms with Crippen molar-refractivity contribution in [2.75, 3.05) is 19.7 Å². The third-order valence-electron chi connectivity index (χ3n) is 3.09. The predicted octanol–water partition coefficient (Wildman–Crippen LogP) is 1.96. The first-order valence-electron chi connectivity index (χ1n) is 6.50. The van der Waals surface area contributed by atoms with Gasteiger partial charge in [0.15, 0.2) is 0 Å². The van der Waals surface area contributed by atoms with Crippen LogP contribution in [-0.4, -0.2) is 30.5 Å². The summed E-state index contributed by atoms with van der Waals surface area (Å²) in [6.07, 6.45) is 2.46. The van der Waals surface area contributed by atoms with E-state index in [1.165, 1.54) is 17.7 Å². The van der Waals surface area contributed by atoms with Crippen LogP contribution in [0.15, 0.2) is 24.3 Å². The number of carbonyl (C=O) groups excluding carboxylic acids is 1. The van der Waals surface area contributed by atoms with E-state index in [2.05, 4.69) is 0 Å². The van der Waals surface area contributed by atoms with Crippen LogP contribution in [0, 0.1) is 28.6 Å². The van der Waals surface area contributed by atoms with Crippen molar-refractivity contribution < 1.29 is 9.53 Å². The van der Waals surface area contributed by atoms with Crippen LogP contribution < -0.4 is 4.74 Å². The Morgan fingerprint density at radius 2 is 1.80 bits per heavy atom. The third-order valence-corrected chi connectivity index (χ3v) is 3.09. The summed E-state index contributed by atoms with van der Waals surface area (Å²) in [5.74, 6) is 1.10. The van der Waals surface area contributed by atoms with Gasteiger partial charge in [0, 0.05) is 5.56 Å². The molecule has 1 aromatic rings. The molecule has 20 heavy (non-hydrogen) atoms. The summed E-state index contributed by atoms with van der Waals surface area (Å²) < 4.78 is 5.59. The SMILES string of the molecule is N#CCN(CC#N)C(=O)c1ccc(OCC2CC2)cc1. The number of hydrogen-bond acceptors (Lipinski definition) is 4. The second kappa shape index (κ2) is 6.58. The fourth-order valence-corrected chi connectivity index (χ4v) is 1.75. The first kappa shape index (κ1) is 13.9. The Kier molecular flexibility index (Phi) is 4.57. The lowest BCUT2D eigenvalue weighted by atomic mass is 10.2. The van der Waals surface area contributed by atoms with E-state index < -0.39 is 0 Å². The average molecular weight is 269 g/mol. The second-order valence-corrected chi connectivity index (χ2v) is 4.76. The zero-order valence-electron chi connectivity index (χ0n) is 11.1. The van der Waals surface area contributed by atoms with Gasteiger partial charge in [-0.3, -0.25) is 4.79 Å². The van der Waals surface area contributed by atoms with Gasteiger partial charge >= 0.3 is 0 Å². The first-order valence-corrected chi connectivity index (χ1v) is 6.50. The maximum atomic E-state index is 12.1. The lowest BCUT2D eigenvalue weighted by Crippen LogP contribution is -2.31. The van der Waals surface area contributed by atoms with Crippen molar-refractivity contribution in [3.63, 3.8) is 0 Å². The third kappa shape index (κ3) is 3.73. The van der Waals surface area contributed by atoms with Crippen molar-refractivity contribution in [3.8, 4) is 17.9 Å². The van der Waals surface area contributed by atoms with E-state index in [1.807, 2.05) is 12.1 Å². The van der Waals surface area contributed by atoms with E-state index in [9.17, 15) is 4.79 Å². The summed E-state index contributed by atoms with van der Waals surface area (Å²) >= 11 is 0. The van der Waals surface area contributed by atoms with Gasteiger partial charge in [-0.05, 0) is 43.0 Å². The number of ether oxygens (including phenoxy) is 1. The quantitative estimate of drug-likeness (QED) is 0.740. The monoisotopic (exact) mass is 269 g/mol. The van der Waals surface area contributed by atoms with E-state index in [0.29, 0.717) is 11.5 Å². The van der Waals surface area contributed by atoms with Crippen LogP contribution in [0.5, 0.6) is 5.75 Å². The summed E-state index contributed by atoms with van der Waals surface area (Å²) in [6, 6.07) is 10.6. The van der Waals surface area contributed by atoms with Gasteiger partial charge in [0.2, 0.25) is 0 Å². The van der Waals surface area contributed by atoms with Crippen molar-refractivity contribution in [2.45, 2.75) is 12.8 Å². The zero-order valence-corrected chi connectivity index (χ0v) is 11.1. The fourth-order valence-electron chi connectivity index (χ4n) is 1.75. The molecule has 1 aliphatic rings. The molecule has 0 N–H and O–H groups in total. The molecular weight excluding hydrogens is 254 g/mol. The molecule has 1 aromatic carbocycles. The molecule has 5 nitrogen and oxygen atoms in total. The fraction of sp³-hybridized carbons (Fsp3) is 0.400. The molecule has 0 spiro atoms. The van der Waals surface area contributed by atoms with Crippen molar-refractivity contribution in [2.24, 2.45) is 5.92 Å². The number of hydrogen-bond donors (Lipinski definition) is 0. The van der Waals surface area contributed by atoms with Crippen LogP contribution in [0.25, 0.3) is 0 Å². The Labute approximate surface area is 118 Å². The standard InChI is InChI=1S/C15H15N3O2/c16-7-9-18(10-8-17)15(19)13-3-5-14(6-4-13)20-11-12-1-2-12/h3-6,12H,1-2,9-11H2. The van der Waals surface area contributed by atoms with Crippen LogP contribution in [0.3, 0.4) is 0 Å². The van der Waals surface area contributed by atoms with Crippen molar-refractivity contribution in [1.29, 1.82) is 10.5 Å². The van der Waals surface area contributed by atoms with E-state index in [0.717, 1.165) is 12.4 Å². The van der Waals surface area contributed by atoms with Crippen LogP contribution in [0.2, 0.25) is 0 Å². The molecule has 5 heteroatoms. The molecular formula is C15H15N3O2. The molecule has 0 heterocycles. The molecule has 0 radical (unpaired) electrons. The van der Waals surface area contributed by atoms with Crippen molar-refractivity contribution >= 4 is 5.91 Å². The number of rotatable bonds is 6. The molecule has 0 unspecified atom stereocenters. The van der Waals surface area contributed by atoms with Gasteiger partial charge in [-0.15, -0.1) is 0 Å². The van der Waals surface area contributed by atoms with Gasteiger partial charge in [-0.25, -0.2) is 0 Å². The maximum absolute atomic E-state index is 12.1.